The molecule has 1 unspecified atom stereocenters. The monoisotopic (exact) mass is 236 g/mol. The molecule has 0 aliphatic rings. The Labute approximate surface area is 105 Å². The molecule has 0 amide bonds. The van der Waals surface area contributed by atoms with Crippen molar-refractivity contribution in [3.63, 3.8) is 0 Å². The largest absolute Gasteiger partial charge is 0.497 e. The van der Waals surface area contributed by atoms with Crippen LogP contribution in [0.15, 0.2) is 24.3 Å². The molecular weight excluding hydrogens is 212 g/mol. The highest BCUT2D eigenvalue weighted by atomic mass is 16.5. The molecule has 2 N–H and O–H groups in total. The number of hydrogen-bond donors (Lipinski definition) is 1. The smallest absolute Gasteiger partial charge is 0.118 e. The Kier molecular flexibility index (Phi) is 4.54. The van der Waals surface area contributed by atoms with Crippen LogP contribution in [0.3, 0.4) is 0 Å². The van der Waals surface area contributed by atoms with E-state index in [1.807, 2.05) is 12.1 Å². The minimum atomic E-state index is 0.0398. The van der Waals surface area contributed by atoms with Crippen LogP contribution >= 0.6 is 0 Å². The van der Waals surface area contributed by atoms with E-state index in [0.717, 1.165) is 5.75 Å². The van der Waals surface area contributed by atoms with E-state index in [1.165, 1.54) is 5.56 Å². The van der Waals surface area contributed by atoms with E-state index in [9.17, 15) is 0 Å². The van der Waals surface area contributed by atoms with Gasteiger partial charge in [0.2, 0.25) is 0 Å². The molecule has 0 saturated heterocycles. The van der Waals surface area contributed by atoms with E-state index in [4.69, 9.17) is 10.5 Å². The topological polar surface area (TPSA) is 38.5 Å². The average molecular weight is 236 g/mol. The minimum Gasteiger partial charge on any atom is -0.497 e. The molecule has 0 spiro atoms. The van der Waals surface area contributed by atoms with Crippen LogP contribution in [-0.4, -0.2) is 32.6 Å². The third kappa shape index (κ3) is 3.20. The summed E-state index contributed by atoms with van der Waals surface area (Å²) in [5.41, 5.74) is 7.20. The molecule has 96 valence electrons. The van der Waals surface area contributed by atoms with Crippen molar-refractivity contribution in [3.05, 3.63) is 29.8 Å². The summed E-state index contributed by atoms with van der Waals surface area (Å²) in [6.45, 7) is 5.05. The summed E-state index contributed by atoms with van der Waals surface area (Å²) in [5.74, 6) is 0.886. The highest BCUT2D eigenvalue weighted by molar-refractivity contribution is 5.30. The Balaban J connectivity index is 3.06. The van der Waals surface area contributed by atoms with E-state index >= 15 is 0 Å². The number of hydrogen-bond acceptors (Lipinski definition) is 3. The summed E-state index contributed by atoms with van der Waals surface area (Å²) in [6, 6.07) is 8.52. The summed E-state index contributed by atoms with van der Waals surface area (Å²) < 4.78 is 5.18. The maximum atomic E-state index is 5.89. The maximum Gasteiger partial charge on any atom is 0.118 e. The van der Waals surface area contributed by atoms with Crippen LogP contribution in [0.2, 0.25) is 0 Å². The van der Waals surface area contributed by atoms with E-state index in [0.29, 0.717) is 12.6 Å². The minimum absolute atomic E-state index is 0.0398. The molecule has 0 aliphatic carbocycles. The third-order valence-electron chi connectivity index (χ3n) is 3.21. The van der Waals surface area contributed by atoms with Gasteiger partial charge in [-0.25, -0.2) is 0 Å². The molecular formula is C14H24N2O. The van der Waals surface area contributed by atoms with Crippen molar-refractivity contribution in [2.45, 2.75) is 19.9 Å². The van der Waals surface area contributed by atoms with Gasteiger partial charge in [0, 0.05) is 6.04 Å². The van der Waals surface area contributed by atoms with E-state index < -0.39 is 0 Å². The molecule has 1 aromatic rings. The number of ether oxygens (including phenoxy) is 1. The van der Waals surface area contributed by atoms with Gasteiger partial charge in [0.25, 0.3) is 0 Å². The van der Waals surface area contributed by atoms with Crippen LogP contribution in [0.1, 0.15) is 25.5 Å². The van der Waals surface area contributed by atoms with Gasteiger partial charge in [-0.15, -0.1) is 0 Å². The molecule has 0 saturated carbocycles. The maximum absolute atomic E-state index is 5.89. The van der Waals surface area contributed by atoms with Crippen LogP contribution in [0, 0.1) is 5.41 Å². The second-order valence-corrected chi connectivity index (χ2v) is 5.33. The van der Waals surface area contributed by atoms with Crippen LogP contribution in [0.4, 0.5) is 0 Å². The lowest BCUT2D eigenvalue weighted by molar-refractivity contribution is 0.143. The number of benzene rings is 1. The second-order valence-electron chi connectivity index (χ2n) is 5.33. The Bertz CT molecular complexity index is 344. The van der Waals surface area contributed by atoms with Crippen molar-refractivity contribution < 1.29 is 4.74 Å². The fraction of sp³-hybridized carbons (Fsp3) is 0.571. The van der Waals surface area contributed by atoms with Crippen LogP contribution in [0.25, 0.3) is 0 Å². The zero-order valence-electron chi connectivity index (χ0n) is 11.5. The van der Waals surface area contributed by atoms with Gasteiger partial charge in [-0.1, -0.05) is 26.0 Å². The lowest BCUT2D eigenvalue weighted by Crippen LogP contribution is -2.38. The van der Waals surface area contributed by atoms with Crippen molar-refractivity contribution in [3.8, 4) is 5.75 Å². The fourth-order valence-corrected chi connectivity index (χ4v) is 2.35. The van der Waals surface area contributed by atoms with Gasteiger partial charge < -0.3 is 15.4 Å². The predicted molar refractivity (Wildman–Crippen MR) is 72.3 cm³/mol. The highest BCUT2D eigenvalue weighted by Gasteiger charge is 2.31. The molecule has 0 aromatic heterocycles. The van der Waals surface area contributed by atoms with Crippen LogP contribution in [0.5, 0.6) is 5.75 Å². The molecule has 3 nitrogen and oxygen atoms in total. The molecule has 0 bridgehead atoms. The van der Waals surface area contributed by atoms with Gasteiger partial charge in [-0.2, -0.15) is 0 Å². The van der Waals surface area contributed by atoms with Gasteiger partial charge >= 0.3 is 0 Å². The fourth-order valence-electron chi connectivity index (χ4n) is 2.35. The van der Waals surface area contributed by atoms with E-state index in [-0.39, 0.29) is 5.41 Å². The quantitative estimate of drug-likeness (QED) is 0.852. The second kappa shape index (κ2) is 5.52. The number of rotatable bonds is 5. The first kappa shape index (κ1) is 14.0. The first-order chi connectivity index (χ1) is 7.92. The average Bonchev–Trinajstić information content (AvgIpc) is 2.29. The molecule has 0 radical (unpaired) electrons. The normalized spacial score (nSPS) is 13.8. The lowest BCUT2D eigenvalue weighted by atomic mass is 9.80. The molecule has 3 heteroatoms. The van der Waals surface area contributed by atoms with E-state index in [2.05, 4.69) is 45.0 Å². The Morgan fingerprint density at radius 1 is 1.24 bits per heavy atom. The van der Waals surface area contributed by atoms with Crippen LogP contribution < -0.4 is 10.5 Å². The zero-order chi connectivity index (χ0) is 13.1. The number of nitrogens with zero attached hydrogens (tertiary/aromatic N) is 1. The number of nitrogens with two attached hydrogens (primary N) is 1. The summed E-state index contributed by atoms with van der Waals surface area (Å²) in [5, 5.41) is 0. The highest BCUT2D eigenvalue weighted by Crippen LogP contribution is 2.36. The lowest BCUT2D eigenvalue weighted by Gasteiger charge is -2.38. The SMILES string of the molecule is COc1ccc(C(N(C)C)C(C)(C)CN)cc1. The van der Waals surface area contributed by atoms with Crippen molar-refractivity contribution in [2.75, 3.05) is 27.7 Å². The molecule has 0 aliphatic heterocycles. The zero-order valence-corrected chi connectivity index (χ0v) is 11.5. The van der Waals surface area contributed by atoms with Gasteiger partial charge in [-0.05, 0) is 43.8 Å². The predicted octanol–water partition coefficient (Wildman–Crippen LogP) is 2.28. The molecule has 1 atom stereocenters. The molecule has 1 aromatic carbocycles. The summed E-state index contributed by atoms with van der Waals surface area (Å²) in [7, 11) is 5.86. The number of methoxy groups -OCH3 is 1. The van der Waals surface area contributed by atoms with Gasteiger partial charge in [0.1, 0.15) is 5.75 Å². The molecule has 1 rings (SSSR count). The Morgan fingerprint density at radius 2 is 1.76 bits per heavy atom. The van der Waals surface area contributed by atoms with Crippen molar-refractivity contribution in [2.24, 2.45) is 11.1 Å². The summed E-state index contributed by atoms with van der Waals surface area (Å²) >= 11 is 0. The summed E-state index contributed by atoms with van der Waals surface area (Å²) in [6.07, 6.45) is 0. The first-order valence-electron chi connectivity index (χ1n) is 5.93. The van der Waals surface area contributed by atoms with Gasteiger partial charge in [-0.3, -0.25) is 0 Å². The Morgan fingerprint density at radius 3 is 2.12 bits per heavy atom. The molecule has 17 heavy (non-hydrogen) atoms. The van der Waals surface area contributed by atoms with Crippen molar-refractivity contribution in [1.82, 2.24) is 4.90 Å². The third-order valence-corrected chi connectivity index (χ3v) is 3.21. The van der Waals surface area contributed by atoms with Crippen molar-refractivity contribution >= 4 is 0 Å². The summed E-state index contributed by atoms with van der Waals surface area (Å²) in [4.78, 5) is 2.22. The van der Waals surface area contributed by atoms with Gasteiger partial charge in [0.15, 0.2) is 0 Å². The molecule has 0 fully saturated rings. The molecule has 0 heterocycles. The first-order valence-corrected chi connectivity index (χ1v) is 5.93. The van der Waals surface area contributed by atoms with Crippen molar-refractivity contribution in [1.29, 1.82) is 0 Å². The standard InChI is InChI=1S/C14H24N2O/c1-14(2,10-15)13(16(3)4)11-6-8-12(17-5)9-7-11/h6-9,13H,10,15H2,1-5H3. The van der Waals surface area contributed by atoms with E-state index in [1.54, 1.807) is 7.11 Å². The Hall–Kier alpha value is -1.06. The van der Waals surface area contributed by atoms with Gasteiger partial charge in [0.05, 0.1) is 7.11 Å². The van der Waals surface area contributed by atoms with Crippen LogP contribution in [-0.2, 0) is 0 Å².